The first-order valence-corrected chi connectivity index (χ1v) is 12.1. The van der Waals surface area contributed by atoms with Crippen LogP contribution < -0.4 is 10.6 Å². The lowest BCUT2D eigenvalue weighted by Crippen LogP contribution is -2.45. The first kappa shape index (κ1) is 25.2. The molecule has 0 spiro atoms. The summed E-state index contributed by atoms with van der Waals surface area (Å²) < 4.78 is 0. The average molecular weight is 397 g/mol. The van der Waals surface area contributed by atoms with Crippen molar-refractivity contribution in [2.75, 3.05) is 52.9 Å². The molecule has 0 radical (unpaired) electrons. The molecule has 1 heterocycles. The van der Waals surface area contributed by atoms with E-state index in [0.29, 0.717) is 0 Å². The molecular formula is C23H48N4O. The summed E-state index contributed by atoms with van der Waals surface area (Å²) in [5.74, 6) is 0. The fourth-order valence-corrected chi connectivity index (χ4v) is 3.81. The predicted octanol–water partition coefficient (Wildman–Crippen LogP) is 4.62. The number of likely N-dealkylation sites (N-methyl/N-ethyl adjacent to an activating group) is 1. The third-order valence-corrected chi connectivity index (χ3v) is 5.85. The number of unbranched alkanes of at least 4 members (excludes halogenated alkanes) is 11. The molecule has 1 saturated heterocycles. The minimum atomic E-state index is 0.00134. The highest BCUT2D eigenvalue weighted by molar-refractivity contribution is 5.73. The average Bonchev–Trinajstić information content (AvgIpc) is 2.70. The highest BCUT2D eigenvalue weighted by Gasteiger charge is 2.12. The summed E-state index contributed by atoms with van der Waals surface area (Å²) in [6.45, 7) is 9.58. The van der Waals surface area contributed by atoms with Crippen LogP contribution in [0.15, 0.2) is 0 Å². The summed E-state index contributed by atoms with van der Waals surface area (Å²) >= 11 is 0. The smallest absolute Gasteiger partial charge is 0.314 e. The lowest BCUT2D eigenvalue weighted by atomic mass is 10.1. The second-order valence-electron chi connectivity index (χ2n) is 8.57. The molecule has 0 unspecified atom stereocenters. The Morgan fingerprint density at radius 1 is 0.679 bits per heavy atom. The number of urea groups is 1. The molecule has 1 fully saturated rings. The van der Waals surface area contributed by atoms with E-state index >= 15 is 0 Å². The molecular weight excluding hydrogens is 348 g/mol. The van der Waals surface area contributed by atoms with Crippen LogP contribution in [-0.2, 0) is 0 Å². The summed E-state index contributed by atoms with van der Waals surface area (Å²) in [5, 5.41) is 5.98. The number of carbonyl (C=O) groups excluding carboxylic acids is 1. The number of amides is 2. The van der Waals surface area contributed by atoms with E-state index in [1.165, 1.54) is 70.6 Å². The Morgan fingerprint density at radius 3 is 1.68 bits per heavy atom. The topological polar surface area (TPSA) is 47.6 Å². The fourth-order valence-electron chi connectivity index (χ4n) is 3.81. The number of nitrogens with zero attached hydrogens (tertiary/aromatic N) is 2. The molecule has 166 valence electrons. The SMILES string of the molecule is CCCCCCCCCCCCCCNC(=O)NCCCN1CCN(C)CC1. The van der Waals surface area contributed by atoms with Crippen LogP contribution in [0.5, 0.6) is 0 Å². The van der Waals surface area contributed by atoms with Crippen molar-refractivity contribution in [2.24, 2.45) is 0 Å². The van der Waals surface area contributed by atoms with Crippen LogP contribution in [0.2, 0.25) is 0 Å². The van der Waals surface area contributed by atoms with Crippen LogP contribution in [0.3, 0.4) is 0 Å². The molecule has 0 saturated carbocycles. The summed E-state index contributed by atoms with van der Waals surface area (Å²) in [7, 11) is 2.18. The lowest BCUT2D eigenvalue weighted by molar-refractivity contribution is 0.153. The van der Waals surface area contributed by atoms with Gasteiger partial charge < -0.3 is 20.4 Å². The second-order valence-corrected chi connectivity index (χ2v) is 8.57. The maximum atomic E-state index is 11.8. The van der Waals surface area contributed by atoms with Gasteiger partial charge in [0.25, 0.3) is 0 Å². The second kappa shape index (κ2) is 18.2. The van der Waals surface area contributed by atoms with Crippen LogP contribution in [0.1, 0.15) is 90.4 Å². The zero-order valence-electron chi connectivity index (χ0n) is 18.9. The zero-order valence-corrected chi connectivity index (χ0v) is 18.9. The number of piperazine rings is 1. The Balaban J connectivity index is 1.76. The fraction of sp³-hybridized carbons (Fsp3) is 0.957. The highest BCUT2D eigenvalue weighted by Crippen LogP contribution is 2.11. The molecule has 0 aliphatic carbocycles. The normalized spacial score (nSPS) is 15.6. The Bertz CT molecular complexity index is 357. The Hall–Kier alpha value is -0.810. The minimum absolute atomic E-state index is 0.00134. The first-order valence-electron chi connectivity index (χ1n) is 12.1. The number of nitrogens with one attached hydrogen (secondary N) is 2. The van der Waals surface area contributed by atoms with E-state index in [2.05, 4.69) is 34.4 Å². The summed E-state index contributed by atoms with van der Waals surface area (Å²) in [6.07, 6.45) is 17.3. The Labute approximate surface area is 175 Å². The van der Waals surface area contributed by atoms with E-state index in [0.717, 1.165) is 58.7 Å². The van der Waals surface area contributed by atoms with Gasteiger partial charge >= 0.3 is 6.03 Å². The predicted molar refractivity (Wildman–Crippen MR) is 121 cm³/mol. The molecule has 0 atom stereocenters. The minimum Gasteiger partial charge on any atom is -0.338 e. The van der Waals surface area contributed by atoms with E-state index in [-0.39, 0.29) is 6.03 Å². The third kappa shape index (κ3) is 15.2. The molecule has 2 N–H and O–H groups in total. The van der Waals surface area contributed by atoms with Crippen LogP contribution >= 0.6 is 0 Å². The van der Waals surface area contributed by atoms with Crippen LogP contribution in [0.25, 0.3) is 0 Å². The number of rotatable bonds is 17. The van der Waals surface area contributed by atoms with Gasteiger partial charge in [0.15, 0.2) is 0 Å². The molecule has 1 aliphatic heterocycles. The number of hydrogen-bond acceptors (Lipinski definition) is 3. The van der Waals surface area contributed by atoms with Gasteiger partial charge in [-0.2, -0.15) is 0 Å². The molecule has 5 nitrogen and oxygen atoms in total. The molecule has 5 heteroatoms. The standard InChI is InChI=1S/C23H48N4O/c1-3-4-5-6-7-8-9-10-11-12-13-14-16-24-23(28)25-17-15-18-27-21-19-26(2)20-22-27/h3-22H2,1-2H3,(H2,24,25,28). The molecule has 1 aliphatic rings. The lowest BCUT2D eigenvalue weighted by Gasteiger charge is -2.32. The molecule has 1 rings (SSSR count). The van der Waals surface area contributed by atoms with Crippen molar-refractivity contribution in [2.45, 2.75) is 90.4 Å². The van der Waals surface area contributed by atoms with E-state index in [9.17, 15) is 4.79 Å². The van der Waals surface area contributed by atoms with Gasteiger partial charge in [0.2, 0.25) is 0 Å². The van der Waals surface area contributed by atoms with Crippen LogP contribution in [0.4, 0.5) is 4.79 Å². The van der Waals surface area contributed by atoms with Crippen molar-refractivity contribution < 1.29 is 4.79 Å². The molecule has 0 aromatic rings. The van der Waals surface area contributed by atoms with Gasteiger partial charge in [-0.3, -0.25) is 0 Å². The van der Waals surface area contributed by atoms with Gasteiger partial charge in [0.1, 0.15) is 0 Å². The van der Waals surface area contributed by atoms with Crippen molar-refractivity contribution in [3.63, 3.8) is 0 Å². The molecule has 2 amide bonds. The van der Waals surface area contributed by atoms with Gasteiger partial charge in [0, 0.05) is 39.3 Å². The van der Waals surface area contributed by atoms with E-state index in [4.69, 9.17) is 0 Å². The van der Waals surface area contributed by atoms with Crippen molar-refractivity contribution in [1.82, 2.24) is 20.4 Å². The van der Waals surface area contributed by atoms with Gasteiger partial charge in [0.05, 0.1) is 0 Å². The van der Waals surface area contributed by atoms with Crippen molar-refractivity contribution in [3.8, 4) is 0 Å². The maximum absolute atomic E-state index is 11.8. The summed E-state index contributed by atoms with van der Waals surface area (Å²) in [6, 6.07) is 0.00134. The Kier molecular flexibility index (Phi) is 16.4. The summed E-state index contributed by atoms with van der Waals surface area (Å²) in [5.41, 5.74) is 0. The summed E-state index contributed by atoms with van der Waals surface area (Å²) in [4.78, 5) is 16.7. The molecule has 28 heavy (non-hydrogen) atoms. The highest BCUT2D eigenvalue weighted by atomic mass is 16.2. The van der Waals surface area contributed by atoms with Gasteiger partial charge in [-0.05, 0) is 26.4 Å². The largest absolute Gasteiger partial charge is 0.338 e. The van der Waals surface area contributed by atoms with Gasteiger partial charge in [-0.25, -0.2) is 4.79 Å². The third-order valence-electron chi connectivity index (χ3n) is 5.85. The monoisotopic (exact) mass is 396 g/mol. The van der Waals surface area contributed by atoms with Crippen molar-refractivity contribution in [1.29, 1.82) is 0 Å². The van der Waals surface area contributed by atoms with Crippen LogP contribution in [-0.4, -0.2) is 68.7 Å². The number of carbonyl (C=O) groups is 1. The Morgan fingerprint density at radius 2 is 1.14 bits per heavy atom. The van der Waals surface area contributed by atoms with E-state index in [1.54, 1.807) is 0 Å². The van der Waals surface area contributed by atoms with Crippen LogP contribution in [0, 0.1) is 0 Å². The zero-order chi connectivity index (χ0) is 20.3. The number of hydrogen-bond donors (Lipinski definition) is 2. The quantitative estimate of drug-likeness (QED) is 0.353. The van der Waals surface area contributed by atoms with Gasteiger partial charge in [-0.1, -0.05) is 77.6 Å². The van der Waals surface area contributed by atoms with Crippen molar-refractivity contribution >= 4 is 6.03 Å². The van der Waals surface area contributed by atoms with Gasteiger partial charge in [-0.15, -0.1) is 0 Å². The van der Waals surface area contributed by atoms with E-state index in [1.807, 2.05) is 0 Å². The maximum Gasteiger partial charge on any atom is 0.314 e. The molecule has 0 aromatic heterocycles. The van der Waals surface area contributed by atoms with Crippen molar-refractivity contribution in [3.05, 3.63) is 0 Å². The molecule has 0 bridgehead atoms. The first-order chi connectivity index (χ1) is 13.7. The molecule has 0 aromatic carbocycles. The van der Waals surface area contributed by atoms with E-state index < -0.39 is 0 Å².